The van der Waals surface area contributed by atoms with Gasteiger partial charge < -0.3 is 19.7 Å². The molecule has 188 valence electrons. The van der Waals surface area contributed by atoms with Gasteiger partial charge in [0.25, 0.3) is 5.91 Å². The van der Waals surface area contributed by atoms with Gasteiger partial charge in [-0.2, -0.15) is 0 Å². The van der Waals surface area contributed by atoms with Crippen LogP contribution in [0.1, 0.15) is 33.2 Å². The Labute approximate surface area is 215 Å². The molecule has 0 radical (unpaired) electrons. The number of nitrogens with one attached hydrogen (secondary N) is 1. The molecule has 0 saturated carbocycles. The van der Waals surface area contributed by atoms with Crippen LogP contribution in [0.4, 0.5) is 0 Å². The second-order valence-corrected chi connectivity index (χ2v) is 8.23. The summed E-state index contributed by atoms with van der Waals surface area (Å²) in [5.74, 6) is 0.202. The minimum absolute atomic E-state index is 0.139. The van der Waals surface area contributed by atoms with Gasteiger partial charge in [0.1, 0.15) is 11.7 Å². The van der Waals surface area contributed by atoms with E-state index in [-0.39, 0.29) is 18.1 Å². The third kappa shape index (κ3) is 6.29. The fourth-order valence-corrected chi connectivity index (χ4v) is 3.99. The minimum Gasteiger partial charge on any atom is -0.493 e. The predicted octanol–water partition coefficient (Wildman–Crippen LogP) is 4.19. The van der Waals surface area contributed by atoms with Crippen molar-refractivity contribution in [2.24, 2.45) is 0 Å². The lowest BCUT2D eigenvalue weighted by atomic mass is 10.0. The molecule has 0 fully saturated rings. The van der Waals surface area contributed by atoms with Crippen molar-refractivity contribution >= 4 is 11.8 Å². The third-order valence-electron chi connectivity index (χ3n) is 5.83. The molecule has 37 heavy (non-hydrogen) atoms. The number of rotatable bonds is 10. The van der Waals surface area contributed by atoms with E-state index in [1.807, 2.05) is 60.7 Å². The van der Waals surface area contributed by atoms with Gasteiger partial charge in [-0.3, -0.25) is 14.6 Å². The summed E-state index contributed by atoms with van der Waals surface area (Å²) in [6.07, 6.45) is 4.35. The van der Waals surface area contributed by atoms with Crippen LogP contribution in [0.3, 0.4) is 0 Å². The Morgan fingerprint density at radius 1 is 0.865 bits per heavy atom. The number of amides is 2. The van der Waals surface area contributed by atoms with E-state index < -0.39 is 11.9 Å². The fourth-order valence-electron chi connectivity index (χ4n) is 3.99. The number of aromatic nitrogens is 2. The lowest BCUT2D eigenvalue weighted by molar-refractivity contribution is -0.126. The normalized spacial score (nSPS) is 11.3. The molecule has 0 spiro atoms. The third-order valence-corrected chi connectivity index (χ3v) is 5.83. The molecular weight excluding hydrogens is 468 g/mol. The molecule has 0 aliphatic heterocycles. The first-order chi connectivity index (χ1) is 18.1. The molecule has 1 heterocycles. The van der Waals surface area contributed by atoms with Crippen LogP contribution in [0.2, 0.25) is 0 Å². The van der Waals surface area contributed by atoms with Gasteiger partial charge in [-0.25, -0.2) is 4.98 Å². The van der Waals surface area contributed by atoms with E-state index in [1.165, 1.54) is 30.6 Å². The van der Waals surface area contributed by atoms with Crippen LogP contribution in [0.5, 0.6) is 11.5 Å². The molecular formula is C29H28N4O4. The maximum atomic E-state index is 13.8. The summed E-state index contributed by atoms with van der Waals surface area (Å²) >= 11 is 0. The number of benzene rings is 3. The lowest BCUT2D eigenvalue weighted by Crippen LogP contribution is -2.43. The second-order valence-electron chi connectivity index (χ2n) is 8.23. The molecule has 0 bridgehead atoms. The van der Waals surface area contributed by atoms with E-state index in [0.717, 1.165) is 11.1 Å². The van der Waals surface area contributed by atoms with E-state index in [9.17, 15) is 9.59 Å². The zero-order valence-corrected chi connectivity index (χ0v) is 20.7. The van der Waals surface area contributed by atoms with Crippen molar-refractivity contribution in [3.8, 4) is 11.5 Å². The predicted molar refractivity (Wildman–Crippen MR) is 139 cm³/mol. The van der Waals surface area contributed by atoms with Crippen molar-refractivity contribution in [3.05, 3.63) is 120 Å². The van der Waals surface area contributed by atoms with Gasteiger partial charge in [0, 0.05) is 25.5 Å². The Morgan fingerprint density at radius 3 is 2.16 bits per heavy atom. The van der Waals surface area contributed by atoms with Crippen LogP contribution < -0.4 is 14.8 Å². The SMILES string of the molecule is COc1ccc(C(C(=O)NCc2ccccc2)N(Cc2ccccc2)C(=O)c2cnccn2)cc1OC. The van der Waals surface area contributed by atoms with Gasteiger partial charge in [-0.05, 0) is 28.8 Å². The lowest BCUT2D eigenvalue weighted by Gasteiger charge is -2.31. The van der Waals surface area contributed by atoms with Gasteiger partial charge in [0.05, 0.1) is 20.4 Å². The topological polar surface area (TPSA) is 93.7 Å². The summed E-state index contributed by atoms with van der Waals surface area (Å²) in [6, 6.07) is 23.3. The highest BCUT2D eigenvalue weighted by molar-refractivity contribution is 5.96. The number of methoxy groups -OCH3 is 2. The summed E-state index contributed by atoms with van der Waals surface area (Å²) in [5.41, 5.74) is 2.51. The summed E-state index contributed by atoms with van der Waals surface area (Å²) in [6.45, 7) is 0.482. The first-order valence-corrected chi connectivity index (χ1v) is 11.7. The van der Waals surface area contributed by atoms with Crippen LogP contribution >= 0.6 is 0 Å². The van der Waals surface area contributed by atoms with Crippen LogP contribution in [0.25, 0.3) is 0 Å². The number of hydrogen-bond acceptors (Lipinski definition) is 6. The standard InChI is InChI=1S/C29H28N4O4/c1-36-25-14-13-23(17-26(25)37-2)27(28(34)32-18-21-9-5-3-6-10-21)33(20-22-11-7-4-8-12-22)29(35)24-19-30-15-16-31-24/h3-17,19,27H,18,20H2,1-2H3,(H,32,34). The van der Waals surface area contributed by atoms with Crippen LogP contribution in [-0.2, 0) is 17.9 Å². The van der Waals surface area contributed by atoms with Gasteiger partial charge in [0.15, 0.2) is 11.5 Å². The van der Waals surface area contributed by atoms with E-state index in [0.29, 0.717) is 23.6 Å². The highest BCUT2D eigenvalue weighted by Crippen LogP contribution is 2.33. The van der Waals surface area contributed by atoms with Crippen molar-refractivity contribution in [1.82, 2.24) is 20.2 Å². The van der Waals surface area contributed by atoms with Crippen LogP contribution in [-0.4, -0.2) is 40.9 Å². The molecule has 1 atom stereocenters. The monoisotopic (exact) mass is 496 g/mol. The molecule has 4 rings (SSSR count). The molecule has 8 nitrogen and oxygen atoms in total. The summed E-state index contributed by atoms with van der Waals surface area (Å²) in [5, 5.41) is 3.00. The molecule has 2 amide bonds. The van der Waals surface area contributed by atoms with Crippen molar-refractivity contribution in [3.63, 3.8) is 0 Å². The summed E-state index contributed by atoms with van der Waals surface area (Å²) < 4.78 is 10.9. The van der Waals surface area contributed by atoms with E-state index in [2.05, 4.69) is 15.3 Å². The maximum Gasteiger partial charge on any atom is 0.275 e. The fraction of sp³-hybridized carbons (Fsp3) is 0.172. The summed E-state index contributed by atoms with van der Waals surface area (Å²) in [7, 11) is 3.07. The molecule has 0 aliphatic rings. The Morgan fingerprint density at radius 2 is 1.54 bits per heavy atom. The van der Waals surface area contributed by atoms with Crippen molar-refractivity contribution in [1.29, 1.82) is 0 Å². The summed E-state index contributed by atoms with van der Waals surface area (Å²) in [4.78, 5) is 37.4. The zero-order valence-electron chi connectivity index (χ0n) is 20.7. The van der Waals surface area contributed by atoms with Crippen LogP contribution in [0, 0.1) is 0 Å². The Kier molecular flexibility index (Phi) is 8.44. The number of hydrogen-bond donors (Lipinski definition) is 1. The van der Waals surface area contributed by atoms with Crippen molar-refractivity contribution in [2.45, 2.75) is 19.1 Å². The van der Waals surface area contributed by atoms with Crippen molar-refractivity contribution in [2.75, 3.05) is 14.2 Å². The molecule has 0 aliphatic carbocycles. The number of carbonyl (C=O) groups excluding carboxylic acids is 2. The van der Waals surface area contributed by atoms with E-state index >= 15 is 0 Å². The quantitative estimate of drug-likeness (QED) is 0.354. The molecule has 3 aromatic carbocycles. The number of nitrogens with zero attached hydrogens (tertiary/aromatic N) is 3. The average molecular weight is 497 g/mol. The highest BCUT2D eigenvalue weighted by atomic mass is 16.5. The van der Waals surface area contributed by atoms with Gasteiger partial charge >= 0.3 is 0 Å². The smallest absolute Gasteiger partial charge is 0.275 e. The van der Waals surface area contributed by atoms with Gasteiger partial charge in [-0.15, -0.1) is 0 Å². The molecule has 1 aromatic heterocycles. The maximum absolute atomic E-state index is 13.8. The van der Waals surface area contributed by atoms with E-state index in [4.69, 9.17) is 9.47 Å². The average Bonchev–Trinajstić information content (AvgIpc) is 2.96. The Bertz CT molecular complexity index is 1320. The molecule has 0 saturated heterocycles. The van der Waals surface area contributed by atoms with E-state index in [1.54, 1.807) is 25.3 Å². The van der Waals surface area contributed by atoms with Crippen LogP contribution in [0.15, 0.2) is 97.5 Å². The van der Waals surface area contributed by atoms with Crippen molar-refractivity contribution < 1.29 is 19.1 Å². The number of ether oxygens (including phenoxy) is 2. The van der Waals surface area contributed by atoms with Gasteiger partial charge in [-0.1, -0.05) is 66.7 Å². The first kappa shape index (κ1) is 25.4. The largest absolute Gasteiger partial charge is 0.493 e. The Hall–Kier alpha value is -4.72. The minimum atomic E-state index is -0.988. The molecule has 1 N–H and O–H groups in total. The first-order valence-electron chi connectivity index (χ1n) is 11.7. The molecule has 4 aromatic rings. The highest BCUT2D eigenvalue weighted by Gasteiger charge is 2.33. The number of carbonyl (C=O) groups is 2. The zero-order chi connectivity index (χ0) is 26.0. The second kappa shape index (κ2) is 12.3. The Balaban J connectivity index is 1.78. The molecule has 8 heteroatoms. The van der Waals surface area contributed by atoms with Gasteiger partial charge in [0.2, 0.25) is 5.91 Å². The molecule has 1 unspecified atom stereocenters.